The lowest BCUT2D eigenvalue weighted by Crippen LogP contribution is -2.12. The van der Waals surface area contributed by atoms with Crippen molar-refractivity contribution < 1.29 is 18.8 Å². The van der Waals surface area contributed by atoms with Crippen molar-refractivity contribution in [1.82, 2.24) is 0 Å². The van der Waals surface area contributed by atoms with Crippen molar-refractivity contribution in [2.24, 2.45) is 0 Å². The number of ether oxygens (including phenoxy) is 2. The van der Waals surface area contributed by atoms with Crippen LogP contribution in [0.4, 0.5) is 0 Å². The molecule has 0 bridgehead atoms. The van der Waals surface area contributed by atoms with Gasteiger partial charge in [0.15, 0.2) is 0 Å². The lowest BCUT2D eigenvalue weighted by Gasteiger charge is -2.08. The Labute approximate surface area is 98.5 Å². The van der Waals surface area contributed by atoms with E-state index in [1.54, 1.807) is 13.8 Å². The molecule has 0 aliphatic heterocycles. The van der Waals surface area contributed by atoms with Gasteiger partial charge in [-0.25, -0.2) is 0 Å². The first-order valence-electron chi connectivity index (χ1n) is 5.74. The average Bonchev–Trinajstić information content (AvgIpc) is 2.13. The van der Waals surface area contributed by atoms with E-state index >= 15 is 0 Å². The molecule has 0 fully saturated rings. The highest BCUT2D eigenvalue weighted by molar-refractivity contribution is 7.44. The van der Waals surface area contributed by atoms with E-state index in [2.05, 4.69) is 0 Å². The summed E-state index contributed by atoms with van der Waals surface area (Å²) in [4.78, 5) is 11.2. The minimum absolute atomic E-state index is 0.0981. The number of esters is 1. The zero-order valence-corrected chi connectivity index (χ0v) is 11.6. The van der Waals surface area contributed by atoms with Crippen molar-refractivity contribution in [3.63, 3.8) is 0 Å². The molecule has 0 rings (SSSR count). The fourth-order valence-corrected chi connectivity index (χ4v) is 2.18. The van der Waals surface area contributed by atoms with Crippen LogP contribution in [0.1, 0.15) is 34.1 Å². The van der Waals surface area contributed by atoms with Crippen molar-refractivity contribution in [2.75, 3.05) is 18.9 Å². The van der Waals surface area contributed by atoms with Crippen LogP contribution < -0.4 is 0 Å². The van der Waals surface area contributed by atoms with E-state index in [1.807, 2.05) is 13.8 Å². The zero-order chi connectivity index (χ0) is 12.6. The van der Waals surface area contributed by atoms with Gasteiger partial charge in [0, 0.05) is 12.3 Å². The molecule has 0 spiro atoms. The van der Waals surface area contributed by atoms with Crippen LogP contribution in [0.15, 0.2) is 0 Å². The van der Waals surface area contributed by atoms with Gasteiger partial charge in [-0.2, -0.15) is 0 Å². The van der Waals surface area contributed by atoms with Gasteiger partial charge in [-0.1, -0.05) is 0 Å². The molecule has 16 heavy (non-hydrogen) atoms. The second-order valence-electron chi connectivity index (χ2n) is 4.25. The highest BCUT2D eigenvalue weighted by Gasteiger charge is 2.08. The molecule has 0 aliphatic rings. The Morgan fingerprint density at radius 1 is 1.12 bits per heavy atom. The van der Waals surface area contributed by atoms with Gasteiger partial charge in [-0.05, 0) is 27.7 Å². The van der Waals surface area contributed by atoms with Crippen molar-refractivity contribution in [2.45, 2.75) is 46.3 Å². The first-order chi connectivity index (χ1) is 7.41. The topological polar surface area (TPSA) is 52.6 Å². The number of rotatable bonds is 8. The van der Waals surface area contributed by atoms with Crippen molar-refractivity contribution in [3.8, 4) is 0 Å². The summed E-state index contributed by atoms with van der Waals surface area (Å²) in [6.07, 6.45) is 1.30. The predicted molar refractivity (Wildman–Crippen MR) is 65.7 cm³/mol. The third-order valence-electron chi connectivity index (χ3n) is 1.81. The smallest absolute Gasteiger partial charge is 0.306 e. The van der Waals surface area contributed by atoms with Crippen LogP contribution in [-0.4, -0.2) is 37.1 Å². The average molecular weight is 250 g/mol. The molecule has 0 aromatic carbocycles. The third kappa shape index (κ3) is 10.2. The monoisotopic (exact) mass is 250 g/mol. The number of hydrogen-bond acceptors (Lipinski definition) is 4. The summed E-state index contributed by atoms with van der Waals surface area (Å²) in [5, 5.41) is 0. The predicted octanol–water partition coefficient (Wildman–Crippen LogP) is 2.31. The second-order valence-corrected chi connectivity index (χ2v) is 6.32. The summed E-state index contributed by atoms with van der Waals surface area (Å²) in [7, 11) is -1.69. The minimum Gasteiger partial charge on any atom is -0.463 e. The van der Waals surface area contributed by atoms with Gasteiger partial charge < -0.3 is 14.0 Å². The van der Waals surface area contributed by atoms with Crippen LogP contribution in [0.5, 0.6) is 0 Å². The standard InChI is InChI=1S/C11H23O4P/c1-9(2)14-6-8-16(13)7-5-11(12)15-10(3)4/h9-10,16H,5-8H2,1-4H3. The van der Waals surface area contributed by atoms with Gasteiger partial charge in [0.05, 0.1) is 33.0 Å². The maximum absolute atomic E-state index is 11.5. The second kappa shape index (κ2) is 8.77. The van der Waals surface area contributed by atoms with E-state index in [0.29, 0.717) is 18.9 Å². The molecule has 0 radical (unpaired) electrons. The van der Waals surface area contributed by atoms with Crippen molar-refractivity contribution in [3.05, 3.63) is 0 Å². The van der Waals surface area contributed by atoms with Crippen LogP contribution in [0.25, 0.3) is 0 Å². The van der Waals surface area contributed by atoms with Gasteiger partial charge in [-0.15, -0.1) is 0 Å². The normalized spacial score (nSPS) is 13.1. The van der Waals surface area contributed by atoms with E-state index in [-0.39, 0.29) is 24.6 Å². The Kier molecular flexibility index (Phi) is 8.58. The molecule has 0 amide bonds. The largest absolute Gasteiger partial charge is 0.463 e. The van der Waals surface area contributed by atoms with E-state index in [4.69, 9.17) is 9.47 Å². The SMILES string of the molecule is CC(C)OCC[PH](=O)CCC(=O)OC(C)C. The van der Waals surface area contributed by atoms with E-state index in [9.17, 15) is 9.36 Å². The maximum atomic E-state index is 11.5. The molecule has 0 saturated heterocycles. The van der Waals surface area contributed by atoms with Gasteiger partial charge >= 0.3 is 5.97 Å². The van der Waals surface area contributed by atoms with Crippen LogP contribution in [-0.2, 0) is 18.8 Å². The molecule has 0 heterocycles. The molecule has 1 atom stereocenters. The summed E-state index contributed by atoms with van der Waals surface area (Å²) >= 11 is 0. The quantitative estimate of drug-likeness (QED) is 0.490. The van der Waals surface area contributed by atoms with Gasteiger partial charge in [0.1, 0.15) is 0 Å². The summed E-state index contributed by atoms with van der Waals surface area (Å²) in [5.74, 6) is -0.266. The molecular formula is C11H23O4P. The van der Waals surface area contributed by atoms with Gasteiger partial charge in [0.2, 0.25) is 0 Å². The Bertz CT molecular complexity index is 226. The molecule has 96 valence electrons. The number of carbonyl (C=O) groups excluding carboxylic acids is 1. The summed E-state index contributed by atoms with van der Waals surface area (Å²) in [5.41, 5.74) is 0. The van der Waals surface area contributed by atoms with E-state index in [0.717, 1.165) is 0 Å². The van der Waals surface area contributed by atoms with Crippen molar-refractivity contribution in [1.29, 1.82) is 0 Å². The highest BCUT2D eigenvalue weighted by Crippen LogP contribution is 2.21. The minimum atomic E-state index is -1.69. The Hall–Kier alpha value is -0.340. The fraction of sp³-hybridized carbons (Fsp3) is 0.909. The first-order valence-corrected chi connectivity index (χ1v) is 7.56. The van der Waals surface area contributed by atoms with Crippen LogP contribution >= 0.6 is 7.80 Å². The third-order valence-corrected chi connectivity index (χ3v) is 3.38. The summed E-state index contributed by atoms with van der Waals surface area (Å²) < 4.78 is 21.8. The summed E-state index contributed by atoms with van der Waals surface area (Å²) in [6, 6.07) is 0. The molecule has 0 saturated carbocycles. The molecule has 0 aromatic heterocycles. The Morgan fingerprint density at radius 2 is 1.75 bits per heavy atom. The van der Waals surface area contributed by atoms with Crippen LogP contribution in [0.2, 0.25) is 0 Å². The van der Waals surface area contributed by atoms with Gasteiger partial charge in [0.25, 0.3) is 0 Å². The highest BCUT2D eigenvalue weighted by atomic mass is 31.1. The molecule has 0 N–H and O–H groups in total. The van der Waals surface area contributed by atoms with Crippen LogP contribution in [0, 0.1) is 0 Å². The van der Waals surface area contributed by atoms with Crippen molar-refractivity contribution >= 4 is 13.8 Å². The van der Waals surface area contributed by atoms with E-state index < -0.39 is 7.80 Å². The van der Waals surface area contributed by atoms with Gasteiger partial charge in [-0.3, -0.25) is 4.79 Å². The Balaban J connectivity index is 3.53. The lowest BCUT2D eigenvalue weighted by atomic mass is 10.4. The molecule has 5 heteroatoms. The molecular weight excluding hydrogens is 227 g/mol. The molecule has 0 aromatic rings. The molecule has 1 unspecified atom stereocenters. The Morgan fingerprint density at radius 3 is 2.25 bits per heavy atom. The van der Waals surface area contributed by atoms with Crippen LogP contribution in [0.3, 0.4) is 0 Å². The molecule has 0 aliphatic carbocycles. The molecule has 4 nitrogen and oxygen atoms in total. The lowest BCUT2D eigenvalue weighted by molar-refractivity contribution is -0.146. The number of carbonyl (C=O) groups is 1. The zero-order valence-electron chi connectivity index (χ0n) is 10.6. The number of hydrogen-bond donors (Lipinski definition) is 0. The maximum Gasteiger partial charge on any atom is 0.306 e. The first kappa shape index (κ1) is 15.7. The fourth-order valence-electron chi connectivity index (χ4n) is 1.10. The van der Waals surface area contributed by atoms with E-state index in [1.165, 1.54) is 0 Å². The summed E-state index contributed by atoms with van der Waals surface area (Å²) in [6.45, 7) is 8.00.